The number of hydrogen-bond acceptors (Lipinski definition) is 10. The van der Waals surface area contributed by atoms with Gasteiger partial charge in [-0.25, -0.2) is 0 Å². The predicted molar refractivity (Wildman–Crippen MR) is 530 cm³/mol. The summed E-state index contributed by atoms with van der Waals surface area (Å²) in [5.74, 6) is 0. The number of nitrogens with zero attached hydrogens (tertiary/aromatic N) is 10. The Kier molecular flexibility index (Phi) is 25.6. The third kappa shape index (κ3) is 19.2. The van der Waals surface area contributed by atoms with Crippen molar-refractivity contribution in [3.8, 4) is 202 Å². The fourth-order valence-electron chi connectivity index (χ4n) is 16.9. The van der Waals surface area contributed by atoms with E-state index in [1.165, 1.54) is 22.3 Å². The average molecular weight is 1880 g/mol. The van der Waals surface area contributed by atoms with Gasteiger partial charge in [-0.2, -0.15) is 0 Å². The van der Waals surface area contributed by atoms with Crippen LogP contribution in [0.5, 0.6) is 0 Å². The fraction of sp³-hybridized carbons (Fsp3) is 0.133. The largest absolute Gasteiger partial charge is 3.00 e. The molecule has 0 aliphatic carbocycles. The molecule has 0 fully saturated rings. The molecule has 0 saturated heterocycles. The van der Waals surface area contributed by atoms with Gasteiger partial charge >= 0.3 is 39.0 Å². The van der Waals surface area contributed by atoms with Crippen LogP contribution in [0.15, 0.2) is 353 Å². The van der Waals surface area contributed by atoms with Gasteiger partial charge in [0, 0.05) is 72.4 Å². The number of pyridine rings is 8. The normalized spacial score (nSPS) is 11.7. The minimum absolute atomic E-state index is 0. The van der Waals surface area contributed by atoms with Gasteiger partial charge in [0.15, 0.2) is 0 Å². The van der Waals surface area contributed by atoms with Gasteiger partial charge in [-0.15, -0.1) is 179 Å². The molecule has 642 valence electrons. The first kappa shape index (κ1) is 89.7. The first-order chi connectivity index (χ1) is 62.9. The SMILES string of the molecule is CC(C)(C)c1ccnc(-c2[c-]cc(-c3ncccc3-c3cc(-c4ccccc4-c4c[c-]c(-c5cc(-c6[c-]cc(-c7ccccc7-c7cc(-c8cccnc8-c8c[c-]c(-c9cc(C(C)(C)C)ccn9)cc8)cc(-c8cccnc8-c8c[c-]c(-c9cc(C(C)(C)C)ccn9)cc8)c7)cc6)ncn5)cc4)cc(-c4cccnc4-c4c[c-]c(-c5cc(C(C)(C)C)ccn5)cc4)c3)cc2)c1.[Rh+3].[Rh+3]. The molecule has 0 unspecified atom stereocenters. The van der Waals surface area contributed by atoms with Crippen molar-refractivity contribution in [1.29, 1.82) is 0 Å². The van der Waals surface area contributed by atoms with Crippen LogP contribution < -0.4 is 0 Å². The van der Waals surface area contributed by atoms with Crippen LogP contribution >= 0.6 is 0 Å². The fourth-order valence-corrected chi connectivity index (χ4v) is 16.9. The van der Waals surface area contributed by atoms with Crippen molar-refractivity contribution in [2.24, 2.45) is 0 Å². The van der Waals surface area contributed by atoms with Crippen molar-refractivity contribution in [2.75, 3.05) is 0 Å². The van der Waals surface area contributed by atoms with Crippen molar-refractivity contribution in [1.82, 2.24) is 49.8 Å². The van der Waals surface area contributed by atoms with Gasteiger partial charge in [0.2, 0.25) is 0 Å². The number of rotatable bonds is 18. The van der Waals surface area contributed by atoms with Crippen LogP contribution in [0.4, 0.5) is 0 Å². The second-order valence-corrected chi connectivity index (χ2v) is 37.2. The van der Waals surface area contributed by atoms with Gasteiger partial charge in [0.25, 0.3) is 0 Å². The van der Waals surface area contributed by atoms with E-state index in [0.717, 1.165) is 202 Å². The van der Waals surface area contributed by atoms with Crippen LogP contribution in [0.25, 0.3) is 202 Å². The molecule has 0 saturated carbocycles. The Hall–Kier alpha value is -14.3. The summed E-state index contributed by atoms with van der Waals surface area (Å²) in [6.07, 6.45) is 16.6. The average Bonchev–Trinajstić information content (AvgIpc) is 0.767. The molecule has 9 heterocycles. The topological polar surface area (TPSA) is 129 Å². The van der Waals surface area contributed by atoms with E-state index in [1.807, 2.05) is 104 Å². The molecular formula is C120H94N10Rh2. The summed E-state index contributed by atoms with van der Waals surface area (Å²) in [5, 5.41) is 0. The maximum atomic E-state index is 5.12. The quantitative estimate of drug-likeness (QED) is 0.0605. The zero-order valence-electron chi connectivity index (χ0n) is 75.6. The van der Waals surface area contributed by atoms with E-state index in [0.29, 0.717) is 0 Å². The Morgan fingerprint density at radius 3 is 0.598 bits per heavy atom. The molecule has 19 aromatic rings. The third-order valence-electron chi connectivity index (χ3n) is 24.2. The molecule has 0 amide bonds. The first-order valence-corrected chi connectivity index (χ1v) is 44.1. The van der Waals surface area contributed by atoms with Crippen molar-refractivity contribution in [3.63, 3.8) is 0 Å². The van der Waals surface area contributed by atoms with Gasteiger partial charge < -0.3 is 19.9 Å². The maximum absolute atomic E-state index is 5.12. The minimum atomic E-state index is -0.0331. The van der Waals surface area contributed by atoms with E-state index in [2.05, 4.69) is 362 Å². The summed E-state index contributed by atoms with van der Waals surface area (Å²) in [6.45, 7) is 26.6. The Morgan fingerprint density at radius 1 is 0.174 bits per heavy atom. The molecule has 132 heavy (non-hydrogen) atoms. The van der Waals surface area contributed by atoms with E-state index in [-0.39, 0.29) is 60.6 Å². The smallest absolute Gasteiger partial charge is 0.305 e. The van der Waals surface area contributed by atoms with Crippen molar-refractivity contribution in [3.05, 3.63) is 412 Å². The Labute approximate surface area is 800 Å². The molecule has 0 spiro atoms. The second kappa shape index (κ2) is 37.7. The standard InChI is InChI=1S/C120H94N10.2Rh/c1-117(2,3)95-53-61-121-107(71-95)79-37-45-85(46-38-79)113-103(25-17-57-125-113)91-65-89(66-92(69-91)104-26-18-58-126-114(104)86-47-39-80(40-48-86)108-72-96(54-62-122-108)118(4,5)6)101-23-15-13-21-99(101)77-29-33-83(34-30-77)111-75-112(130-76-129-111)84-35-31-78(32-36-84)100-22-14-16-24-102(100)90-67-93(105-27-19-59-127-115(105)87-49-41-81(42-50-87)109-73-97(55-63-123-109)119(7,8)9)70-94(68-90)106-28-20-60-128-116(106)88-51-43-82(44-52-88)110-74-98(56-64-124-110)120(10,11)12;;/h13-33,35,37,39,41,43,45-76H,1-12H3;;/q-6;2*+3. The Morgan fingerprint density at radius 2 is 0.379 bits per heavy atom. The molecule has 12 heteroatoms. The second-order valence-electron chi connectivity index (χ2n) is 37.2. The van der Waals surface area contributed by atoms with Gasteiger partial charge in [0.1, 0.15) is 0 Å². The molecule has 9 aromatic heterocycles. The monoisotopic (exact) mass is 1880 g/mol. The van der Waals surface area contributed by atoms with Gasteiger partial charge in [-0.05, 0) is 230 Å². The summed E-state index contributed by atoms with van der Waals surface area (Å²) < 4.78 is 0. The summed E-state index contributed by atoms with van der Waals surface area (Å²) in [4.78, 5) is 49.3. The first-order valence-electron chi connectivity index (χ1n) is 44.1. The Balaban J connectivity index is 0.00000608. The molecule has 0 bridgehead atoms. The molecule has 0 aliphatic heterocycles. The summed E-state index contributed by atoms with van der Waals surface area (Å²) >= 11 is 0. The minimum Gasteiger partial charge on any atom is -0.305 e. The Bertz CT molecular complexity index is 6640. The summed E-state index contributed by atoms with van der Waals surface area (Å²) in [6, 6.07) is 126. The van der Waals surface area contributed by atoms with Crippen molar-refractivity contribution < 1.29 is 39.0 Å². The van der Waals surface area contributed by atoms with Crippen LogP contribution in [0.3, 0.4) is 0 Å². The van der Waals surface area contributed by atoms with Crippen LogP contribution in [-0.4, -0.2) is 49.8 Å². The van der Waals surface area contributed by atoms with E-state index >= 15 is 0 Å². The maximum Gasteiger partial charge on any atom is 3.00 e. The van der Waals surface area contributed by atoms with Crippen molar-refractivity contribution in [2.45, 2.75) is 105 Å². The number of benzene rings is 10. The van der Waals surface area contributed by atoms with E-state index < -0.39 is 0 Å². The molecule has 10 nitrogen and oxygen atoms in total. The van der Waals surface area contributed by atoms with Gasteiger partial charge in [-0.1, -0.05) is 231 Å². The molecule has 0 aliphatic rings. The van der Waals surface area contributed by atoms with E-state index in [1.54, 1.807) is 6.33 Å². The molecule has 10 aromatic carbocycles. The van der Waals surface area contributed by atoms with Crippen LogP contribution in [0, 0.1) is 36.4 Å². The zero-order chi connectivity index (χ0) is 89.4. The molecule has 0 N–H and O–H groups in total. The zero-order valence-corrected chi connectivity index (χ0v) is 78.9. The van der Waals surface area contributed by atoms with Crippen LogP contribution in [0.2, 0.25) is 0 Å². The summed E-state index contributed by atoms with van der Waals surface area (Å²) in [7, 11) is 0. The molecule has 19 rings (SSSR count). The molecular weight excluding hydrogens is 1790 g/mol. The van der Waals surface area contributed by atoms with E-state index in [4.69, 9.17) is 49.8 Å². The number of aromatic nitrogens is 10. The predicted octanol–water partition coefficient (Wildman–Crippen LogP) is 29.6. The molecule has 0 atom stereocenters. The summed E-state index contributed by atoms with van der Waals surface area (Å²) in [5.41, 5.74) is 38.0. The molecule has 0 radical (unpaired) electrons. The van der Waals surface area contributed by atoms with Crippen LogP contribution in [-0.2, 0) is 60.6 Å². The third-order valence-corrected chi connectivity index (χ3v) is 24.2. The van der Waals surface area contributed by atoms with Gasteiger partial charge in [-0.3, -0.25) is 29.9 Å². The van der Waals surface area contributed by atoms with Crippen molar-refractivity contribution >= 4 is 0 Å². The van der Waals surface area contributed by atoms with Gasteiger partial charge in [0.05, 0.1) is 6.33 Å². The number of hydrogen-bond donors (Lipinski definition) is 0. The van der Waals surface area contributed by atoms with Crippen LogP contribution in [0.1, 0.15) is 105 Å². The van der Waals surface area contributed by atoms with E-state index in [9.17, 15) is 0 Å².